The summed E-state index contributed by atoms with van der Waals surface area (Å²) in [5, 5.41) is 1.04. The summed E-state index contributed by atoms with van der Waals surface area (Å²) in [6, 6.07) is 8.23. The first kappa shape index (κ1) is 27.9. The summed E-state index contributed by atoms with van der Waals surface area (Å²) in [5.41, 5.74) is 7.20. The van der Waals surface area contributed by atoms with Crippen molar-refractivity contribution in [3.05, 3.63) is 82.2 Å². The summed E-state index contributed by atoms with van der Waals surface area (Å²) in [5.74, 6) is 1.33. The highest BCUT2D eigenvalue weighted by molar-refractivity contribution is 5.98. The molecule has 1 amide bonds. The average Bonchev–Trinajstić information content (AvgIpc) is 3.30. The molecule has 0 radical (unpaired) electrons. The molecule has 1 aliphatic heterocycles. The van der Waals surface area contributed by atoms with Crippen LogP contribution in [0, 0.1) is 0 Å². The number of halogens is 3. The molecule has 2 heterocycles. The minimum absolute atomic E-state index is 0.140. The van der Waals surface area contributed by atoms with E-state index in [1.807, 2.05) is 36.3 Å². The summed E-state index contributed by atoms with van der Waals surface area (Å²) in [4.78, 5) is 33.2. The van der Waals surface area contributed by atoms with E-state index in [2.05, 4.69) is 22.2 Å². The number of benzene rings is 1. The third kappa shape index (κ3) is 5.49. The Labute approximate surface area is 232 Å². The number of unbranched alkanes of at least 4 members (excludes halogenated alkanes) is 1. The van der Waals surface area contributed by atoms with E-state index in [0.29, 0.717) is 29.6 Å². The molecule has 1 aromatic heterocycles. The quantitative estimate of drug-likeness (QED) is 0.316. The lowest BCUT2D eigenvalue weighted by Crippen LogP contribution is -2.49. The van der Waals surface area contributed by atoms with Gasteiger partial charge < -0.3 is 4.90 Å². The monoisotopic (exact) mass is 550 g/mol. The fourth-order valence-electron chi connectivity index (χ4n) is 5.97. The number of hydrogen-bond donors (Lipinski definition) is 1. The van der Waals surface area contributed by atoms with Crippen LogP contribution in [0.1, 0.15) is 78.7 Å². The van der Waals surface area contributed by atoms with Crippen LogP contribution in [0.4, 0.5) is 18.9 Å². The zero-order valence-electron chi connectivity index (χ0n) is 22.6. The van der Waals surface area contributed by atoms with Gasteiger partial charge in [0.1, 0.15) is 24.2 Å². The van der Waals surface area contributed by atoms with Crippen LogP contribution in [0.5, 0.6) is 0 Å². The number of alkyl halides is 3. The van der Waals surface area contributed by atoms with Gasteiger partial charge in [-0.2, -0.15) is 13.2 Å². The molecule has 5 rings (SSSR count). The van der Waals surface area contributed by atoms with E-state index < -0.39 is 24.7 Å². The fraction of sp³-hybridized carbons (Fsp3) is 0.419. The molecule has 9 heteroatoms. The molecule has 1 saturated heterocycles. The Hall–Kier alpha value is -3.68. The van der Waals surface area contributed by atoms with Gasteiger partial charge in [0.15, 0.2) is 0 Å². The maximum atomic E-state index is 14.4. The minimum Gasteiger partial charge on any atom is -0.371 e. The van der Waals surface area contributed by atoms with Gasteiger partial charge in [-0.25, -0.2) is 10.2 Å². The minimum atomic E-state index is -4.57. The van der Waals surface area contributed by atoms with Crippen molar-refractivity contribution < 1.29 is 22.8 Å². The zero-order valence-corrected chi connectivity index (χ0v) is 22.6. The van der Waals surface area contributed by atoms with Crippen LogP contribution in [0.15, 0.2) is 59.8 Å². The molecule has 1 unspecified atom stereocenters. The Morgan fingerprint density at radius 1 is 1.18 bits per heavy atom. The lowest BCUT2D eigenvalue weighted by molar-refractivity contribution is -0.133. The van der Waals surface area contributed by atoms with Gasteiger partial charge in [-0.15, -0.1) is 0 Å². The Morgan fingerprint density at radius 2 is 1.95 bits per heavy atom. The summed E-state index contributed by atoms with van der Waals surface area (Å²) in [7, 11) is 0. The van der Waals surface area contributed by atoms with Gasteiger partial charge in [0.2, 0.25) is 0 Å². The number of rotatable bonds is 8. The summed E-state index contributed by atoms with van der Waals surface area (Å²) in [6.07, 6.45) is 6.51. The first-order valence-corrected chi connectivity index (χ1v) is 13.9. The predicted octanol–water partition coefficient (Wildman–Crippen LogP) is 6.15. The van der Waals surface area contributed by atoms with Gasteiger partial charge in [-0.05, 0) is 54.9 Å². The molecule has 1 fully saturated rings. The highest BCUT2D eigenvalue weighted by Gasteiger charge is 2.42. The van der Waals surface area contributed by atoms with E-state index in [1.165, 1.54) is 0 Å². The number of anilines is 1. The number of pyridine rings is 1. The standard InChI is InChI=1S/C31H33F3N4O2/c1-2-3-11-25-26(37-17-7-4-8-18-37)15-16-35-28(25)30(40)38(36-20-31(32,33)34)29-24-13-6-5-12-22(24)23-14-9-10-21(19-39)27(23)29/h5-6,9,12-16,29,36H,2-4,7-8,10-11,17-18,20H2,1H3. The number of aromatic nitrogens is 1. The van der Waals surface area contributed by atoms with Crippen molar-refractivity contribution >= 4 is 23.1 Å². The molecule has 3 aliphatic rings. The van der Waals surface area contributed by atoms with E-state index in [0.717, 1.165) is 72.6 Å². The number of nitrogens with zero attached hydrogens (tertiary/aromatic N) is 3. The summed E-state index contributed by atoms with van der Waals surface area (Å²) < 4.78 is 40.7. The average molecular weight is 551 g/mol. The number of fused-ring (bicyclic) bond motifs is 2. The number of carbonyl (C=O) groups is 1. The predicted molar refractivity (Wildman–Crippen MR) is 148 cm³/mol. The van der Waals surface area contributed by atoms with E-state index >= 15 is 0 Å². The van der Waals surface area contributed by atoms with Crippen LogP contribution in [-0.4, -0.2) is 47.7 Å². The number of amides is 1. The van der Waals surface area contributed by atoms with Gasteiger partial charge in [-0.3, -0.25) is 14.8 Å². The van der Waals surface area contributed by atoms with Crippen LogP contribution in [0.2, 0.25) is 0 Å². The van der Waals surface area contributed by atoms with Crippen molar-refractivity contribution in [2.45, 2.75) is 64.1 Å². The van der Waals surface area contributed by atoms with Crippen molar-refractivity contribution in [3.8, 4) is 0 Å². The maximum Gasteiger partial charge on any atom is 0.402 e. The molecule has 0 saturated carbocycles. The van der Waals surface area contributed by atoms with Crippen molar-refractivity contribution in [3.63, 3.8) is 0 Å². The first-order valence-electron chi connectivity index (χ1n) is 13.9. The number of hydrazine groups is 1. The van der Waals surface area contributed by atoms with Crippen LogP contribution in [0.3, 0.4) is 0 Å². The first-order chi connectivity index (χ1) is 19.3. The lowest BCUT2D eigenvalue weighted by atomic mass is 9.91. The highest BCUT2D eigenvalue weighted by atomic mass is 19.4. The Kier molecular flexibility index (Phi) is 8.24. The molecule has 40 heavy (non-hydrogen) atoms. The Bertz CT molecular complexity index is 1390. The second-order valence-electron chi connectivity index (χ2n) is 10.4. The number of allylic oxidation sites excluding steroid dienone is 3. The largest absolute Gasteiger partial charge is 0.402 e. The van der Waals surface area contributed by atoms with Crippen LogP contribution in [-0.2, 0) is 11.2 Å². The van der Waals surface area contributed by atoms with Gasteiger partial charge in [0, 0.05) is 48.1 Å². The van der Waals surface area contributed by atoms with Crippen molar-refractivity contribution in [1.29, 1.82) is 0 Å². The molecular formula is C31H33F3N4O2. The summed E-state index contributed by atoms with van der Waals surface area (Å²) in [6.45, 7) is 2.37. The van der Waals surface area contributed by atoms with Crippen LogP contribution < -0.4 is 10.3 Å². The maximum absolute atomic E-state index is 14.4. The SMILES string of the molecule is CCCCc1c(N2CCCCC2)ccnc1C(=O)N(NCC(F)(F)F)C1C2=C(C=CCC2=C=O)c2ccccc21. The van der Waals surface area contributed by atoms with E-state index in [1.54, 1.807) is 18.3 Å². The Balaban J connectivity index is 1.64. The zero-order chi connectivity index (χ0) is 28.3. The van der Waals surface area contributed by atoms with Crippen LogP contribution in [0.25, 0.3) is 5.57 Å². The molecule has 1 atom stereocenters. The molecule has 0 spiro atoms. The molecule has 0 bridgehead atoms. The summed E-state index contributed by atoms with van der Waals surface area (Å²) >= 11 is 0. The van der Waals surface area contributed by atoms with E-state index in [4.69, 9.17) is 0 Å². The molecule has 2 aliphatic carbocycles. The second-order valence-corrected chi connectivity index (χ2v) is 10.4. The van der Waals surface area contributed by atoms with Gasteiger partial charge in [0.25, 0.3) is 5.91 Å². The third-order valence-electron chi connectivity index (χ3n) is 7.80. The number of piperidine rings is 1. The number of carbonyl (C=O) groups excluding carboxylic acids is 2. The van der Waals surface area contributed by atoms with Gasteiger partial charge >= 0.3 is 6.18 Å². The fourth-order valence-corrected chi connectivity index (χ4v) is 5.97. The van der Waals surface area contributed by atoms with E-state index in [9.17, 15) is 22.8 Å². The number of hydrogen-bond acceptors (Lipinski definition) is 5. The second kappa shape index (κ2) is 11.8. The van der Waals surface area contributed by atoms with E-state index in [-0.39, 0.29) is 5.69 Å². The van der Waals surface area contributed by atoms with Gasteiger partial charge in [0.05, 0.1) is 0 Å². The van der Waals surface area contributed by atoms with Crippen molar-refractivity contribution in [2.24, 2.45) is 0 Å². The van der Waals surface area contributed by atoms with Crippen molar-refractivity contribution in [1.82, 2.24) is 15.4 Å². The highest BCUT2D eigenvalue weighted by Crippen LogP contribution is 2.49. The third-order valence-corrected chi connectivity index (χ3v) is 7.80. The molecule has 6 nitrogen and oxygen atoms in total. The van der Waals surface area contributed by atoms with Gasteiger partial charge in [-0.1, -0.05) is 49.8 Å². The molecule has 210 valence electrons. The smallest absolute Gasteiger partial charge is 0.371 e. The topological polar surface area (TPSA) is 65.5 Å². The molecule has 2 aromatic rings. The molecule has 1 N–H and O–H groups in total. The van der Waals surface area contributed by atoms with Crippen molar-refractivity contribution in [2.75, 3.05) is 24.5 Å². The molecular weight excluding hydrogens is 517 g/mol. The lowest BCUT2D eigenvalue weighted by Gasteiger charge is -2.34. The Morgan fingerprint density at radius 3 is 2.67 bits per heavy atom. The number of nitrogens with one attached hydrogen (secondary N) is 1. The molecule has 1 aromatic carbocycles. The van der Waals surface area contributed by atoms with Crippen LogP contribution >= 0.6 is 0 Å². The normalized spacial score (nSPS) is 18.4.